The number of nitrogens with one attached hydrogen (secondary N) is 1. The molecule has 0 aliphatic heterocycles. The Labute approximate surface area is 135 Å². The summed E-state index contributed by atoms with van der Waals surface area (Å²) in [5.41, 5.74) is 3.84. The molecule has 3 N–H and O–H groups in total. The lowest BCUT2D eigenvalue weighted by Gasteiger charge is -2.13. The summed E-state index contributed by atoms with van der Waals surface area (Å²) in [5, 5.41) is 0. The van der Waals surface area contributed by atoms with E-state index in [9.17, 15) is 0 Å². The molecule has 3 nitrogen and oxygen atoms in total. The fourth-order valence-corrected chi connectivity index (χ4v) is 3.90. The van der Waals surface area contributed by atoms with E-state index >= 15 is 0 Å². The zero-order valence-electron chi connectivity index (χ0n) is 9.16. The second kappa shape index (κ2) is 6.58. The Bertz CT molecular complexity index is 507. The number of hydrazine groups is 1. The van der Waals surface area contributed by atoms with Gasteiger partial charge in [-0.25, -0.2) is 0 Å². The van der Waals surface area contributed by atoms with Gasteiger partial charge in [-0.1, -0.05) is 0 Å². The minimum absolute atomic E-state index is 0.0614. The van der Waals surface area contributed by atoms with E-state index in [1.807, 2.05) is 12.1 Å². The molecule has 0 spiro atoms. The smallest absolute Gasteiger partial charge is 0.0843 e. The van der Waals surface area contributed by atoms with E-state index in [0.29, 0.717) is 0 Å². The van der Waals surface area contributed by atoms with Crippen molar-refractivity contribution >= 4 is 59.1 Å². The van der Waals surface area contributed by atoms with Crippen molar-refractivity contribution in [2.45, 2.75) is 12.5 Å². The summed E-state index contributed by atoms with van der Waals surface area (Å²) in [6.07, 6.45) is 2.55. The van der Waals surface area contributed by atoms with E-state index in [1.165, 1.54) is 4.88 Å². The van der Waals surface area contributed by atoms with Crippen molar-refractivity contribution < 1.29 is 0 Å². The van der Waals surface area contributed by atoms with Crippen LogP contribution in [0, 0.1) is 0 Å². The van der Waals surface area contributed by atoms with Crippen LogP contribution in [0.5, 0.6) is 0 Å². The molecule has 0 amide bonds. The lowest BCUT2D eigenvalue weighted by molar-refractivity contribution is 0.554. The number of halogens is 3. The molecule has 0 aliphatic carbocycles. The summed E-state index contributed by atoms with van der Waals surface area (Å²) in [7, 11) is 0. The summed E-state index contributed by atoms with van der Waals surface area (Å²) in [4.78, 5) is 5.53. The van der Waals surface area contributed by atoms with Crippen molar-refractivity contribution in [3.05, 3.63) is 47.7 Å². The van der Waals surface area contributed by atoms with Crippen LogP contribution in [0.3, 0.4) is 0 Å². The molecule has 0 aromatic carbocycles. The highest BCUT2D eigenvalue weighted by molar-refractivity contribution is 9.13. The first-order chi connectivity index (χ1) is 8.60. The number of rotatable bonds is 4. The zero-order chi connectivity index (χ0) is 13.1. The van der Waals surface area contributed by atoms with Crippen LogP contribution < -0.4 is 11.3 Å². The Hall–Kier alpha value is 0.210. The Morgan fingerprint density at radius 1 is 1.33 bits per heavy atom. The minimum Gasteiger partial charge on any atom is -0.271 e. The highest BCUT2D eigenvalue weighted by Gasteiger charge is 2.15. The van der Waals surface area contributed by atoms with Crippen molar-refractivity contribution in [3.8, 4) is 0 Å². The van der Waals surface area contributed by atoms with E-state index in [2.05, 4.69) is 64.3 Å². The highest BCUT2D eigenvalue weighted by atomic mass is 79.9. The lowest BCUT2D eigenvalue weighted by atomic mass is 10.1. The van der Waals surface area contributed by atoms with Gasteiger partial charge in [0.2, 0.25) is 0 Å². The van der Waals surface area contributed by atoms with Crippen molar-refractivity contribution in [1.29, 1.82) is 0 Å². The molecule has 0 fully saturated rings. The Balaban J connectivity index is 2.16. The lowest BCUT2D eigenvalue weighted by Crippen LogP contribution is -2.29. The van der Waals surface area contributed by atoms with Gasteiger partial charge in [-0.05, 0) is 66.0 Å². The van der Waals surface area contributed by atoms with Crippen LogP contribution >= 0.6 is 59.1 Å². The van der Waals surface area contributed by atoms with Gasteiger partial charge in [-0.2, -0.15) is 0 Å². The summed E-state index contributed by atoms with van der Waals surface area (Å²) in [6, 6.07) is 6.10. The number of nitrogens with two attached hydrogens (primary N) is 1. The zero-order valence-corrected chi connectivity index (χ0v) is 14.7. The first kappa shape index (κ1) is 14.6. The molecule has 18 heavy (non-hydrogen) atoms. The van der Waals surface area contributed by atoms with E-state index < -0.39 is 0 Å². The van der Waals surface area contributed by atoms with E-state index in [0.717, 1.165) is 24.8 Å². The molecule has 0 saturated carbocycles. The highest BCUT2D eigenvalue weighted by Crippen LogP contribution is 2.36. The third-order valence-corrected chi connectivity index (χ3v) is 6.25. The minimum atomic E-state index is 0.0614. The average molecular weight is 456 g/mol. The number of hydrogen-bond acceptors (Lipinski definition) is 4. The van der Waals surface area contributed by atoms with E-state index in [1.54, 1.807) is 17.5 Å². The van der Waals surface area contributed by atoms with Crippen LogP contribution in [0.2, 0.25) is 0 Å². The maximum Gasteiger partial charge on any atom is 0.0843 e. The number of aromatic nitrogens is 1. The van der Waals surface area contributed by atoms with Gasteiger partial charge in [0.05, 0.1) is 9.83 Å². The van der Waals surface area contributed by atoms with Gasteiger partial charge in [0, 0.05) is 32.1 Å². The molecule has 1 unspecified atom stereocenters. The van der Waals surface area contributed by atoms with Crippen LogP contribution in [-0.4, -0.2) is 4.98 Å². The fourth-order valence-electron chi connectivity index (χ4n) is 1.51. The monoisotopic (exact) mass is 453 g/mol. The molecule has 0 bridgehead atoms. The maximum atomic E-state index is 5.63. The first-order valence-electron chi connectivity index (χ1n) is 5.11. The number of thiophene rings is 1. The normalized spacial score (nSPS) is 12.7. The van der Waals surface area contributed by atoms with E-state index in [4.69, 9.17) is 5.84 Å². The number of nitrogens with zero attached hydrogens (tertiary/aromatic N) is 1. The predicted molar refractivity (Wildman–Crippen MR) is 85.4 cm³/mol. The molecule has 0 radical (unpaired) electrons. The molecular weight excluding hydrogens is 446 g/mol. The first-order valence-corrected chi connectivity index (χ1v) is 8.31. The third kappa shape index (κ3) is 3.61. The van der Waals surface area contributed by atoms with Gasteiger partial charge in [0.25, 0.3) is 0 Å². The third-order valence-electron chi connectivity index (χ3n) is 2.41. The van der Waals surface area contributed by atoms with Crippen LogP contribution in [0.15, 0.2) is 37.1 Å². The topological polar surface area (TPSA) is 50.9 Å². The van der Waals surface area contributed by atoms with Crippen molar-refractivity contribution in [3.63, 3.8) is 0 Å². The van der Waals surface area contributed by atoms with E-state index in [-0.39, 0.29) is 6.04 Å². The molecule has 2 aromatic heterocycles. The second-order valence-corrected chi connectivity index (χ2v) is 7.83. The molecule has 7 heteroatoms. The molecule has 2 aromatic rings. The van der Waals surface area contributed by atoms with Crippen molar-refractivity contribution in [2.75, 3.05) is 0 Å². The van der Waals surface area contributed by atoms with Crippen LogP contribution in [0.4, 0.5) is 0 Å². The molecular formula is C11H10Br3N3S. The van der Waals surface area contributed by atoms with Crippen molar-refractivity contribution in [1.82, 2.24) is 10.4 Å². The molecule has 2 heterocycles. The maximum absolute atomic E-state index is 5.63. The molecule has 0 saturated heterocycles. The average Bonchev–Trinajstić information content (AvgIpc) is 2.69. The molecule has 2 rings (SSSR count). The number of pyridine rings is 1. The van der Waals surface area contributed by atoms with Crippen LogP contribution in [0.1, 0.15) is 16.6 Å². The van der Waals surface area contributed by atoms with Gasteiger partial charge < -0.3 is 0 Å². The van der Waals surface area contributed by atoms with Gasteiger partial charge in [0.1, 0.15) is 0 Å². The molecule has 0 aliphatic rings. The Morgan fingerprint density at radius 3 is 2.61 bits per heavy atom. The number of hydrogen-bond donors (Lipinski definition) is 2. The van der Waals surface area contributed by atoms with Crippen molar-refractivity contribution in [2.24, 2.45) is 5.84 Å². The summed E-state index contributed by atoms with van der Waals surface area (Å²) in [5.74, 6) is 5.63. The summed E-state index contributed by atoms with van der Waals surface area (Å²) in [6.45, 7) is 0. The van der Waals surface area contributed by atoms with Gasteiger partial charge in [0.15, 0.2) is 0 Å². The quantitative estimate of drug-likeness (QED) is 0.537. The standard InChI is InChI=1S/C11H10Br3N3S/c12-6-1-2-7(16-5-6)3-9(17-15)10-4-8(13)11(14)18-10/h1-2,4-5,9,17H,3,15H2. The predicted octanol–water partition coefficient (Wildman–Crippen LogP) is 4.18. The van der Waals surface area contributed by atoms with Gasteiger partial charge in [-0.3, -0.25) is 16.3 Å². The SMILES string of the molecule is NNC(Cc1ccc(Br)cn1)c1cc(Br)c(Br)s1. The Morgan fingerprint density at radius 2 is 2.11 bits per heavy atom. The molecule has 96 valence electrons. The van der Waals surface area contributed by atoms with Crippen LogP contribution in [-0.2, 0) is 6.42 Å². The fraction of sp³-hybridized carbons (Fsp3) is 0.182. The molecule has 1 atom stereocenters. The second-order valence-electron chi connectivity index (χ2n) is 3.66. The Kier molecular flexibility index (Phi) is 5.35. The summed E-state index contributed by atoms with van der Waals surface area (Å²) >= 11 is 12.0. The van der Waals surface area contributed by atoms with Crippen LogP contribution in [0.25, 0.3) is 0 Å². The largest absolute Gasteiger partial charge is 0.271 e. The van der Waals surface area contributed by atoms with Gasteiger partial charge >= 0.3 is 0 Å². The van der Waals surface area contributed by atoms with Gasteiger partial charge in [-0.15, -0.1) is 11.3 Å². The summed E-state index contributed by atoms with van der Waals surface area (Å²) < 4.78 is 3.10.